The van der Waals surface area contributed by atoms with Crippen molar-refractivity contribution in [3.63, 3.8) is 0 Å². The van der Waals surface area contributed by atoms with Gasteiger partial charge in [0.25, 0.3) is 0 Å². The molecule has 0 aliphatic carbocycles. The highest BCUT2D eigenvalue weighted by molar-refractivity contribution is 7.14. The first-order chi connectivity index (χ1) is 7.49. The van der Waals surface area contributed by atoms with Gasteiger partial charge >= 0.3 is 0 Å². The lowest BCUT2D eigenvalue weighted by atomic mass is 10.1. The minimum atomic E-state index is 0.0591. The van der Waals surface area contributed by atoms with Crippen LogP contribution in [0.5, 0.6) is 0 Å². The van der Waals surface area contributed by atoms with Crippen molar-refractivity contribution in [2.45, 2.75) is 20.8 Å². The van der Waals surface area contributed by atoms with E-state index in [0.29, 0.717) is 4.88 Å². The third-order valence-electron chi connectivity index (χ3n) is 2.32. The number of aromatic nitrogens is 3. The Balaban J connectivity index is 2.63. The highest BCUT2D eigenvalue weighted by atomic mass is 32.1. The lowest BCUT2D eigenvalue weighted by Crippen LogP contribution is -1.92. The molecule has 0 radical (unpaired) electrons. The largest absolute Gasteiger partial charge is 0.294 e. The third-order valence-corrected chi connectivity index (χ3v) is 3.39. The minimum Gasteiger partial charge on any atom is -0.294 e. The van der Waals surface area contributed by atoms with E-state index >= 15 is 0 Å². The highest BCUT2D eigenvalue weighted by Crippen LogP contribution is 2.29. The van der Waals surface area contributed by atoms with Crippen molar-refractivity contribution < 1.29 is 4.79 Å². The topological polar surface area (TPSA) is 47.8 Å². The Morgan fingerprint density at radius 1 is 1.44 bits per heavy atom. The van der Waals surface area contributed by atoms with Gasteiger partial charge in [0, 0.05) is 25.7 Å². The van der Waals surface area contributed by atoms with Crippen molar-refractivity contribution in [3.05, 3.63) is 21.8 Å². The van der Waals surface area contributed by atoms with Crippen LogP contribution in [-0.4, -0.2) is 20.5 Å². The maximum absolute atomic E-state index is 11.5. The molecule has 2 rings (SSSR count). The standard InChI is InChI=1S/C11H13N3OS/c1-6-9(5-14(4)13-6)10-11(7(2)15)16-8(3)12-10/h5H,1-4H3. The lowest BCUT2D eigenvalue weighted by molar-refractivity contribution is 0.102. The average Bonchev–Trinajstić information content (AvgIpc) is 2.69. The Labute approximate surface area is 97.9 Å². The molecule has 0 bridgehead atoms. The summed E-state index contributed by atoms with van der Waals surface area (Å²) < 4.78 is 1.74. The Kier molecular flexibility index (Phi) is 2.63. The van der Waals surface area contributed by atoms with E-state index in [4.69, 9.17) is 0 Å². The number of hydrogen-bond donors (Lipinski definition) is 0. The third kappa shape index (κ3) is 1.78. The zero-order valence-electron chi connectivity index (χ0n) is 9.74. The lowest BCUT2D eigenvalue weighted by Gasteiger charge is -1.95. The summed E-state index contributed by atoms with van der Waals surface area (Å²) in [5.41, 5.74) is 2.60. The van der Waals surface area contributed by atoms with Gasteiger partial charge in [-0.1, -0.05) is 0 Å². The number of hydrogen-bond acceptors (Lipinski definition) is 4. The predicted octanol–water partition coefficient (Wildman–Crippen LogP) is 2.36. The molecule has 0 saturated heterocycles. The molecule has 0 amide bonds. The fourth-order valence-electron chi connectivity index (χ4n) is 1.68. The summed E-state index contributed by atoms with van der Waals surface area (Å²) in [7, 11) is 1.86. The first kappa shape index (κ1) is 11.0. The molecule has 16 heavy (non-hydrogen) atoms. The normalized spacial score (nSPS) is 10.8. The highest BCUT2D eigenvalue weighted by Gasteiger charge is 2.18. The van der Waals surface area contributed by atoms with Crippen LogP contribution in [0.3, 0.4) is 0 Å². The van der Waals surface area contributed by atoms with Gasteiger partial charge in [-0.15, -0.1) is 11.3 Å². The Hall–Kier alpha value is -1.49. The van der Waals surface area contributed by atoms with Crippen molar-refractivity contribution in [3.8, 4) is 11.3 Å². The number of carbonyl (C=O) groups excluding carboxylic acids is 1. The molecule has 4 nitrogen and oxygen atoms in total. The Morgan fingerprint density at radius 2 is 2.12 bits per heavy atom. The van der Waals surface area contributed by atoms with Gasteiger partial charge in [0.15, 0.2) is 5.78 Å². The number of Topliss-reactive ketones (excluding diaryl/α,β-unsaturated/α-hetero) is 1. The maximum Gasteiger partial charge on any atom is 0.172 e. The van der Waals surface area contributed by atoms with Crippen LogP contribution < -0.4 is 0 Å². The second kappa shape index (κ2) is 3.83. The molecule has 0 unspecified atom stereocenters. The van der Waals surface area contributed by atoms with Gasteiger partial charge in [-0.05, 0) is 13.8 Å². The number of nitrogens with zero attached hydrogens (tertiary/aromatic N) is 3. The molecule has 84 valence electrons. The zero-order valence-corrected chi connectivity index (χ0v) is 10.6. The van der Waals surface area contributed by atoms with Crippen LogP contribution in [0.2, 0.25) is 0 Å². The van der Waals surface area contributed by atoms with Crippen molar-refractivity contribution in [1.29, 1.82) is 0 Å². The summed E-state index contributed by atoms with van der Waals surface area (Å²) in [5.74, 6) is 0.0591. The molecule has 0 aliphatic heterocycles. The van der Waals surface area contributed by atoms with Crippen molar-refractivity contribution in [2.24, 2.45) is 7.05 Å². The van der Waals surface area contributed by atoms with E-state index in [0.717, 1.165) is 22.0 Å². The molecule has 5 heteroatoms. The van der Waals surface area contributed by atoms with Crippen LogP contribution in [-0.2, 0) is 7.05 Å². The van der Waals surface area contributed by atoms with Crippen LogP contribution in [0.4, 0.5) is 0 Å². The van der Waals surface area contributed by atoms with Crippen LogP contribution in [0, 0.1) is 13.8 Å². The van der Waals surface area contributed by atoms with E-state index in [1.54, 1.807) is 11.6 Å². The molecule has 2 aromatic heterocycles. The van der Waals surface area contributed by atoms with Gasteiger partial charge < -0.3 is 0 Å². The molecule has 0 aromatic carbocycles. The first-order valence-electron chi connectivity index (χ1n) is 4.98. The van der Waals surface area contributed by atoms with Crippen molar-refractivity contribution in [2.75, 3.05) is 0 Å². The molecule has 2 heterocycles. The number of rotatable bonds is 2. The summed E-state index contributed by atoms with van der Waals surface area (Å²) in [6, 6.07) is 0. The summed E-state index contributed by atoms with van der Waals surface area (Å²) in [6.07, 6.45) is 1.90. The number of ketones is 1. The Morgan fingerprint density at radius 3 is 2.62 bits per heavy atom. The van der Waals surface area contributed by atoms with Gasteiger partial charge in [0.1, 0.15) is 0 Å². The van der Waals surface area contributed by atoms with E-state index < -0.39 is 0 Å². The molecule has 0 spiro atoms. The zero-order chi connectivity index (χ0) is 11.9. The summed E-state index contributed by atoms with van der Waals surface area (Å²) in [5, 5.41) is 5.17. The van der Waals surface area contributed by atoms with E-state index in [2.05, 4.69) is 10.1 Å². The van der Waals surface area contributed by atoms with Gasteiger partial charge in [-0.25, -0.2) is 4.98 Å². The summed E-state index contributed by atoms with van der Waals surface area (Å²) in [6.45, 7) is 5.41. The summed E-state index contributed by atoms with van der Waals surface area (Å²) in [4.78, 5) is 16.7. The van der Waals surface area contributed by atoms with E-state index in [1.165, 1.54) is 11.3 Å². The fraction of sp³-hybridized carbons (Fsp3) is 0.364. The van der Waals surface area contributed by atoms with E-state index in [1.807, 2.05) is 27.1 Å². The molecule has 2 aromatic rings. The average molecular weight is 235 g/mol. The molecular formula is C11H13N3OS. The van der Waals surface area contributed by atoms with Gasteiger partial charge in [0.2, 0.25) is 0 Å². The first-order valence-corrected chi connectivity index (χ1v) is 5.79. The molecule has 0 N–H and O–H groups in total. The quantitative estimate of drug-likeness (QED) is 0.751. The second-order valence-electron chi connectivity index (χ2n) is 3.77. The fourth-order valence-corrected chi connectivity index (χ4v) is 2.51. The molecule has 0 aliphatic rings. The van der Waals surface area contributed by atoms with Crippen LogP contribution >= 0.6 is 11.3 Å². The number of carbonyl (C=O) groups is 1. The van der Waals surface area contributed by atoms with Crippen molar-refractivity contribution >= 4 is 17.1 Å². The van der Waals surface area contributed by atoms with Crippen LogP contribution in [0.15, 0.2) is 6.20 Å². The summed E-state index contributed by atoms with van der Waals surface area (Å²) >= 11 is 1.44. The second-order valence-corrected chi connectivity index (χ2v) is 4.97. The SMILES string of the molecule is CC(=O)c1sc(C)nc1-c1cn(C)nc1C. The number of thiazole rings is 1. The van der Waals surface area contributed by atoms with Gasteiger partial charge in [-0.2, -0.15) is 5.10 Å². The number of aryl methyl sites for hydroxylation is 3. The molecular weight excluding hydrogens is 222 g/mol. The maximum atomic E-state index is 11.5. The van der Waals surface area contributed by atoms with Gasteiger partial charge in [0.05, 0.1) is 21.3 Å². The molecule has 0 atom stereocenters. The monoisotopic (exact) mass is 235 g/mol. The van der Waals surface area contributed by atoms with E-state index in [-0.39, 0.29) is 5.78 Å². The van der Waals surface area contributed by atoms with Crippen LogP contribution in [0.25, 0.3) is 11.3 Å². The van der Waals surface area contributed by atoms with Crippen LogP contribution in [0.1, 0.15) is 27.3 Å². The van der Waals surface area contributed by atoms with E-state index in [9.17, 15) is 4.79 Å². The molecule has 0 saturated carbocycles. The smallest absolute Gasteiger partial charge is 0.172 e. The van der Waals surface area contributed by atoms with Gasteiger partial charge in [-0.3, -0.25) is 9.48 Å². The van der Waals surface area contributed by atoms with Crippen molar-refractivity contribution in [1.82, 2.24) is 14.8 Å². The predicted molar refractivity (Wildman–Crippen MR) is 63.8 cm³/mol. The minimum absolute atomic E-state index is 0.0591. The molecule has 0 fully saturated rings. The Bertz CT molecular complexity index is 554.